The lowest BCUT2D eigenvalue weighted by molar-refractivity contribution is -0.117. The largest absolute Gasteiger partial charge is 0.495 e. The Morgan fingerprint density at radius 2 is 1.69 bits per heavy atom. The van der Waals surface area contributed by atoms with Gasteiger partial charge in [-0.3, -0.25) is 4.79 Å². The number of carbonyl (C=O) groups is 2. The summed E-state index contributed by atoms with van der Waals surface area (Å²) in [7, 11) is -2.84. The molecular weight excluding hydrogens is 492 g/mol. The van der Waals surface area contributed by atoms with E-state index in [9.17, 15) is 18.0 Å². The number of anilines is 1. The van der Waals surface area contributed by atoms with E-state index in [1.54, 1.807) is 31.2 Å². The van der Waals surface area contributed by atoms with Crippen LogP contribution in [0.2, 0.25) is 5.02 Å². The first kappa shape index (κ1) is 26.2. The molecule has 0 fully saturated rings. The van der Waals surface area contributed by atoms with Crippen LogP contribution in [0.5, 0.6) is 5.75 Å². The molecule has 0 aliphatic heterocycles. The molecule has 35 heavy (non-hydrogen) atoms. The van der Waals surface area contributed by atoms with Crippen molar-refractivity contribution in [1.82, 2.24) is 4.72 Å². The van der Waals surface area contributed by atoms with E-state index in [2.05, 4.69) is 10.0 Å². The van der Waals surface area contributed by atoms with Crippen molar-refractivity contribution < 1.29 is 27.5 Å². The van der Waals surface area contributed by atoms with Gasteiger partial charge in [-0.05, 0) is 61.4 Å². The van der Waals surface area contributed by atoms with Crippen molar-refractivity contribution in [2.45, 2.75) is 24.3 Å². The predicted molar refractivity (Wildman–Crippen MR) is 133 cm³/mol. The molecule has 0 aromatic heterocycles. The molecule has 0 saturated heterocycles. The highest BCUT2D eigenvalue weighted by Gasteiger charge is 2.28. The molecule has 0 unspecified atom stereocenters. The Kier molecular flexibility index (Phi) is 8.86. The van der Waals surface area contributed by atoms with E-state index in [-0.39, 0.29) is 28.7 Å². The summed E-state index contributed by atoms with van der Waals surface area (Å²) in [6, 6.07) is 18.2. The Bertz CT molecular complexity index is 1280. The molecule has 10 heteroatoms. The van der Waals surface area contributed by atoms with Crippen LogP contribution in [0.4, 0.5) is 5.69 Å². The van der Waals surface area contributed by atoms with Gasteiger partial charge in [-0.2, -0.15) is 4.72 Å². The number of benzene rings is 3. The van der Waals surface area contributed by atoms with E-state index in [0.29, 0.717) is 11.3 Å². The molecule has 1 amide bonds. The third kappa shape index (κ3) is 7.05. The van der Waals surface area contributed by atoms with Crippen LogP contribution in [0, 0.1) is 0 Å². The van der Waals surface area contributed by atoms with E-state index in [1.807, 2.05) is 6.07 Å². The molecule has 0 saturated carbocycles. The van der Waals surface area contributed by atoms with Gasteiger partial charge in [-0.1, -0.05) is 41.9 Å². The fraction of sp³-hybridized carbons (Fsp3) is 0.200. The molecule has 184 valence electrons. The summed E-state index contributed by atoms with van der Waals surface area (Å²) >= 11 is 6.01. The zero-order valence-corrected chi connectivity index (χ0v) is 20.7. The maximum Gasteiger partial charge on any atom is 0.338 e. The normalized spacial score (nSPS) is 12.0. The van der Waals surface area contributed by atoms with Gasteiger partial charge in [0.1, 0.15) is 16.7 Å². The molecule has 0 bridgehead atoms. The average molecular weight is 517 g/mol. The van der Waals surface area contributed by atoms with Gasteiger partial charge in [0.15, 0.2) is 0 Å². The number of halogens is 1. The smallest absolute Gasteiger partial charge is 0.338 e. The maximum absolute atomic E-state index is 13.2. The Balaban J connectivity index is 1.86. The van der Waals surface area contributed by atoms with Gasteiger partial charge in [-0.25, -0.2) is 13.2 Å². The Labute approximate surface area is 209 Å². The summed E-state index contributed by atoms with van der Waals surface area (Å²) in [6.07, 6.45) is 0.0930. The number of esters is 1. The summed E-state index contributed by atoms with van der Waals surface area (Å²) in [6.45, 7) is 1.95. The number of methoxy groups -OCH3 is 1. The standard InChI is InChI=1S/C25H25ClN2O6S/c1-3-34-25(30)18-9-12-20(13-10-18)27-24(29)21(15-17-7-5-4-6-8-17)28-35(31,32)23-16-19(26)11-14-22(23)33-2/h4-14,16,21,28H,3,15H2,1-2H3,(H,27,29)/t21-/m0/s1. The first-order chi connectivity index (χ1) is 16.7. The van der Waals surface area contributed by atoms with Crippen molar-refractivity contribution in [3.05, 3.63) is 88.9 Å². The first-order valence-electron chi connectivity index (χ1n) is 10.7. The van der Waals surface area contributed by atoms with Crippen molar-refractivity contribution in [1.29, 1.82) is 0 Å². The van der Waals surface area contributed by atoms with Gasteiger partial charge < -0.3 is 14.8 Å². The third-order valence-electron chi connectivity index (χ3n) is 4.98. The molecule has 2 N–H and O–H groups in total. The lowest BCUT2D eigenvalue weighted by Crippen LogP contribution is -2.45. The van der Waals surface area contributed by atoms with Crippen molar-refractivity contribution in [3.8, 4) is 5.75 Å². The lowest BCUT2D eigenvalue weighted by atomic mass is 10.1. The highest BCUT2D eigenvalue weighted by atomic mass is 35.5. The van der Waals surface area contributed by atoms with Gasteiger partial charge in [0.25, 0.3) is 0 Å². The second-order valence-corrected chi connectivity index (χ2v) is 9.56. The van der Waals surface area contributed by atoms with Crippen LogP contribution in [0.3, 0.4) is 0 Å². The number of carbonyl (C=O) groups excluding carboxylic acids is 2. The fourth-order valence-electron chi connectivity index (χ4n) is 3.28. The molecule has 0 radical (unpaired) electrons. The van der Waals surface area contributed by atoms with E-state index >= 15 is 0 Å². The zero-order chi connectivity index (χ0) is 25.4. The molecule has 3 aromatic rings. The molecule has 1 atom stereocenters. The minimum Gasteiger partial charge on any atom is -0.495 e. The van der Waals surface area contributed by atoms with Crippen molar-refractivity contribution in [3.63, 3.8) is 0 Å². The van der Waals surface area contributed by atoms with Crippen LogP contribution in [0.1, 0.15) is 22.8 Å². The minimum absolute atomic E-state index is 0.0929. The summed E-state index contributed by atoms with van der Waals surface area (Å²) in [4.78, 5) is 24.8. The van der Waals surface area contributed by atoms with Gasteiger partial charge in [0, 0.05) is 10.7 Å². The number of amides is 1. The number of nitrogens with one attached hydrogen (secondary N) is 2. The maximum atomic E-state index is 13.2. The zero-order valence-electron chi connectivity index (χ0n) is 19.2. The molecule has 0 heterocycles. The van der Waals surface area contributed by atoms with E-state index in [4.69, 9.17) is 21.1 Å². The third-order valence-corrected chi connectivity index (χ3v) is 6.70. The fourth-order valence-corrected chi connectivity index (χ4v) is 4.91. The van der Waals surface area contributed by atoms with E-state index < -0.39 is 27.9 Å². The quantitative estimate of drug-likeness (QED) is 0.393. The van der Waals surface area contributed by atoms with Gasteiger partial charge in [0.2, 0.25) is 15.9 Å². The number of ether oxygens (including phenoxy) is 2. The predicted octanol–water partition coefficient (Wildman–Crippen LogP) is 4.05. The average Bonchev–Trinajstić information content (AvgIpc) is 2.84. The van der Waals surface area contributed by atoms with Crippen LogP contribution in [-0.4, -0.2) is 40.1 Å². The lowest BCUT2D eigenvalue weighted by Gasteiger charge is -2.20. The Morgan fingerprint density at radius 3 is 2.31 bits per heavy atom. The van der Waals surface area contributed by atoms with Crippen molar-refractivity contribution in [2.24, 2.45) is 0 Å². The number of hydrogen-bond donors (Lipinski definition) is 2. The molecule has 0 aliphatic rings. The molecule has 3 rings (SSSR count). The van der Waals surface area contributed by atoms with Crippen LogP contribution in [-0.2, 0) is 26.0 Å². The Morgan fingerprint density at radius 1 is 1.00 bits per heavy atom. The second-order valence-electron chi connectivity index (χ2n) is 7.45. The van der Waals surface area contributed by atoms with Crippen LogP contribution < -0.4 is 14.8 Å². The van der Waals surface area contributed by atoms with Gasteiger partial charge in [-0.15, -0.1) is 0 Å². The minimum atomic E-state index is -4.19. The molecule has 0 spiro atoms. The van der Waals surface area contributed by atoms with Crippen LogP contribution in [0.15, 0.2) is 77.7 Å². The summed E-state index contributed by atoms with van der Waals surface area (Å²) in [5, 5.41) is 2.90. The molecule has 8 nitrogen and oxygen atoms in total. The molecule has 0 aliphatic carbocycles. The monoisotopic (exact) mass is 516 g/mol. The molecule has 3 aromatic carbocycles. The van der Waals surface area contributed by atoms with Crippen LogP contribution >= 0.6 is 11.6 Å². The Hall–Kier alpha value is -3.40. The second kappa shape index (κ2) is 11.8. The summed E-state index contributed by atoms with van der Waals surface area (Å²) in [5.41, 5.74) is 1.48. The SMILES string of the molecule is CCOC(=O)c1ccc(NC(=O)[C@H](Cc2ccccc2)NS(=O)(=O)c2cc(Cl)ccc2OC)cc1. The van der Waals surface area contributed by atoms with E-state index in [0.717, 1.165) is 5.56 Å². The topological polar surface area (TPSA) is 111 Å². The van der Waals surface area contributed by atoms with Crippen molar-refractivity contribution in [2.75, 3.05) is 19.0 Å². The number of sulfonamides is 1. The van der Waals surface area contributed by atoms with Crippen LogP contribution in [0.25, 0.3) is 0 Å². The van der Waals surface area contributed by atoms with Gasteiger partial charge >= 0.3 is 5.97 Å². The molecular formula is C25H25ClN2O6S. The first-order valence-corrected chi connectivity index (χ1v) is 12.6. The summed E-state index contributed by atoms with van der Waals surface area (Å²) < 4.78 is 39.0. The summed E-state index contributed by atoms with van der Waals surface area (Å²) in [5.74, 6) is -0.965. The number of rotatable bonds is 10. The number of hydrogen-bond acceptors (Lipinski definition) is 6. The van der Waals surface area contributed by atoms with E-state index in [1.165, 1.54) is 49.6 Å². The van der Waals surface area contributed by atoms with Gasteiger partial charge in [0.05, 0.1) is 19.3 Å². The highest BCUT2D eigenvalue weighted by Crippen LogP contribution is 2.27. The van der Waals surface area contributed by atoms with Crippen molar-refractivity contribution >= 4 is 39.2 Å². The highest BCUT2D eigenvalue weighted by molar-refractivity contribution is 7.89.